The largest absolute Gasteiger partial charge is 0.442 e. The quantitative estimate of drug-likeness (QED) is 0.614. The molecule has 4 heterocycles. The van der Waals surface area contributed by atoms with Crippen LogP contribution in [0.25, 0.3) is 0 Å². The van der Waals surface area contributed by atoms with E-state index in [0.29, 0.717) is 31.4 Å². The third kappa shape index (κ3) is 4.40. The number of rotatable bonds is 8. The molecule has 3 fully saturated rings. The lowest BCUT2D eigenvalue weighted by Crippen LogP contribution is -2.41. The molecule has 150 valence electrons. The summed E-state index contributed by atoms with van der Waals surface area (Å²) < 4.78 is 21.1. The van der Waals surface area contributed by atoms with E-state index in [1.54, 1.807) is 7.11 Å². The molecule has 0 spiro atoms. The zero-order valence-corrected chi connectivity index (χ0v) is 15.7. The molecule has 1 amide bonds. The lowest BCUT2D eigenvalue weighted by Gasteiger charge is -2.28. The van der Waals surface area contributed by atoms with E-state index in [0.717, 1.165) is 52.4 Å². The standard InChI is InChI=1S/C17H27N5O5/c1-24-12-16-18-15(19-27-16)11-21-9-13-14(10-21)26-17(23)22(13)4-2-3-20-5-7-25-8-6-20/h13-14H,2-12H2,1H3/t13-,14+/m0/s1. The molecule has 4 rings (SSSR count). The maximum absolute atomic E-state index is 12.2. The molecule has 0 radical (unpaired) electrons. The number of methoxy groups -OCH3 is 1. The molecule has 3 aliphatic rings. The maximum Gasteiger partial charge on any atom is 0.410 e. The minimum Gasteiger partial charge on any atom is -0.442 e. The Labute approximate surface area is 158 Å². The summed E-state index contributed by atoms with van der Waals surface area (Å²) in [6.07, 6.45) is 0.684. The van der Waals surface area contributed by atoms with Crippen LogP contribution in [0.2, 0.25) is 0 Å². The molecule has 2 atom stereocenters. The predicted molar refractivity (Wildman–Crippen MR) is 92.9 cm³/mol. The third-order valence-corrected chi connectivity index (χ3v) is 5.32. The highest BCUT2D eigenvalue weighted by Crippen LogP contribution is 2.27. The fraction of sp³-hybridized carbons (Fsp3) is 0.824. The van der Waals surface area contributed by atoms with E-state index in [1.807, 2.05) is 4.90 Å². The summed E-state index contributed by atoms with van der Waals surface area (Å²) in [7, 11) is 1.59. The Morgan fingerprint density at radius 2 is 2.04 bits per heavy atom. The number of morpholine rings is 1. The number of ether oxygens (including phenoxy) is 3. The first-order valence-corrected chi connectivity index (χ1v) is 9.53. The molecule has 1 aromatic heterocycles. The molecule has 1 aromatic rings. The number of likely N-dealkylation sites (tertiary alicyclic amines) is 1. The molecule has 3 aliphatic heterocycles. The van der Waals surface area contributed by atoms with Crippen LogP contribution in [0, 0.1) is 0 Å². The van der Waals surface area contributed by atoms with Crippen LogP contribution in [0.5, 0.6) is 0 Å². The van der Waals surface area contributed by atoms with Crippen LogP contribution in [0.15, 0.2) is 4.52 Å². The zero-order chi connectivity index (χ0) is 18.6. The average Bonchev–Trinajstić information content (AvgIpc) is 3.33. The van der Waals surface area contributed by atoms with Gasteiger partial charge in [-0.15, -0.1) is 0 Å². The SMILES string of the molecule is COCc1nc(CN2C[C@H]3OC(=O)N(CCCN4CCOCC4)[C@H]3C2)no1. The topological polar surface area (TPSA) is 93.4 Å². The monoisotopic (exact) mass is 381 g/mol. The molecule has 0 aliphatic carbocycles. The van der Waals surface area contributed by atoms with E-state index < -0.39 is 0 Å². The third-order valence-electron chi connectivity index (χ3n) is 5.32. The second kappa shape index (κ2) is 8.51. The van der Waals surface area contributed by atoms with Crippen molar-refractivity contribution >= 4 is 6.09 Å². The second-order valence-electron chi connectivity index (χ2n) is 7.22. The summed E-state index contributed by atoms with van der Waals surface area (Å²) in [6.45, 7) is 7.62. The van der Waals surface area contributed by atoms with Gasteiger partial charge in [0, 0.05) is 46.4 Å². The van der Waals surface area contributed by atoms with Crippen LogP contribution < -0.4 is 0 Å². The van der Waals surface area contributed by atoms with Crippen LogP contribution >= 0.6 is 0 Å². The molecule has 3 saturated heterocycles. The van der Waals surface area contributed by atoms with Crippen LogP contribution in [0.4, 0.5) is 4.79 Å². The summed E-state index contributed by atoms with van der Waals surface area (Å²) in [5.41, 5.74) is 0. The molecule has 0 unspecified atom stereocenters. The van der Waals surface area contributed by atoms with Gasteiger partial charge in [0.15, 0.2) is 5.82 Å². The maximum atomic E-state index is 12.2. The summed E-state index contributed by atoms with van der Waals surface area (Å²) in [6, 6.07) is 0.104. The van der Waals surface area contributed by atoms with E-state index in [-0.39, 0.29) is 18.2 Å². The van der Waals surface area contributed by atoms with Crippen molar-refractivity contribution in [1.82, 2.24) is 24.8 Å². The minimum absolute atomic E-state index is 0.0776. The predicted octanol–water partition coefficient (Wildman–Crippen LogP) is -0.0567. The molecule has 0 N–H and O–H groups in total. The van der Waals surface area contributed by atoms with Crippen molar-refractivity contribution in [2.24, 2.45) is 0 Å². The lowest BCUT2D eigenvalue weighted by atomic mass is 10.2. The smallest absolute Gasteiger partial charge is 0.410 e. The van der Waals surface area contributed by atoms with E-state index in [9.17, 15) is 4.79 Å². The highest BCUT2D eigenvalue weighted by atomic mass is 16.6. The lowest BCUT2D eigenvalue weighted by molar-refractivity contribution is 0.0362. The van der Waals surface area contributed by atoms with Crippen molar-refractivity contribution < 1.29 is 23.5 Å². The van der Waals surface area contributed by atoms with Crippen molar-refractivity contribution in [3.63, 3.8) is 0 Å². The van der Waals surface area contributed by atoms with Gasteiger partial charge in [-0.05, 0) is 6.42 Å². The number of amides is 1. The summed E-state index contributed by atoms with van der Waals surface area (Å²) in [4.78, 5) is 23.0. The molecule has 0 aromatic carbocycles. The average molecular weight is 381 g/mol. The van der Waals surface area contributed by atoms with Crippen LogP contribution in [-0.2, 0) is 27.4 Å². The highest BCUT2D eigenvalue weighted by molar-refractivity contribution is 5.71. The Morgan fingerprint density at radius 1 is 1.19 bits per heavy atom. The number of hydrogen-bond donors (Lipinski definition) is 0. The van der Waals surface area contributed by atoms with Gasteiger partial charge in [0.1, 0.15) is 12.7 Å². The first-order valence-electron chi connectivity index (χ1n) is 9.53. The summed E-state index contributed by atoms with van der Waals surface area (Å²) in [5.74, 6) is 1.11. The van der Waals surface area contributed by atoms with Gasteiger partial charge in [-0.1, -0.05) is 5.16 Å². The first-order chi connectivity index (χ1) is 13.2. The molecule has 0 saturated carbocycles. The Bertz CT molecular complexity index is 635. The van der Waals surface area contributed by atoms with E-state index in [2.05, 4.69) is 19.9 Å². The number of fused-ring (bicyclic) bond motifs is 1. The van der Waals surface area contributed by atoms with Crippen molar-refractivity contribution in [2.75, 3.05) is 59.6 Å². The second-order valence-corrected chi connectivity index (χ2v) is 7.22. The van der Waals surface area contributed by atoms with Gasteiger partial charge in [0.05, 0.1) is 25.8 Å². The van der Waals surface area contributed by atoms with Gasteiger partial charge in [0.25, 0.3) is 5.89 Å². The van der Waals surface area contributed by atoms with Crippen molar-refractivity contribution in [1.29, 1.82) is 0 Å². The fourth-order valence-corrected chi connectivity index (χ4v) is 3.99. The highest BCUT2D eigenvalue weighted by Gasteiger charge is 2.47. The van der Waals surface area contributed by atoms with Crippen LogP contribution in [-0.4, -0.2) is 103 Å². The number of carbonyl (C=O) groups excluding carboxylic acids is 1. The molecule has 10 nitrogen and oxygen atoms in total. The normalized spacial score (nSPS) is 26.6. The number of aromatic nitrogens is 2. The minimum atomic E-state index is -0.187. The fourth-order valence-electron chi connectivity index (χ4n) is 3.99. The number of nitrogens with zero attached hydrogens (tertiary/aromatic N) is 5. The first kappa shape index (κ1) is 18.6. The van der Waals surface area contributed by atoms with Gasteiger partial charge >= 0.3 is 6.09 Å². The summed E-state index contributed by atoms with van der Waals surface area (Å²) >= 11 is 0. The molecule has 0 bridgehead atoms. The molecule has 27 heavy (non-hydrogen) atoms. The van der Waals surface area contributed by atoms with Crippen molar-refractivity contribution in [3.05, 3.63) is 11.7 Å². The van der Waals surface area contributed by atoms with Crippen molar-refractivity contribution in [3.8, 4) is 0 Å². The molecule has 10 heteroatoms. The van der Waals surface area contributed by atoms with Gasteiger partial charge in [-0.25, -0.2) is 4.79 Å². The number of hydrogen-bond acceptors (Lipinski definition) is 9. The number of carbonyl (C=O) groups is 1. The Morgan fingerprint density at radius 3 is 2.85 bits per heavy atom. The van der Waals surface area contributed by atoms with E-state index >= 15 is 0 Å². The Balaban J connectivity index is 1.26. The zero-order valence-electron chi connectivity index (χ0n) is 15.7. The molecular formula is C17H27N5O5. The van der Waals surface area contributed by atoms with Crippen LogP contribution in [0.3, 0.4) is 0 Å². The van der Waals surface area contributed by atoms with Gasteiger partial charge < -0.3 is 23.6 Å². The Hall–Kier alpha value is -1.75. The van der Waals surface area contributed by atoms with E-state index in [1.165, 1.54) is 0 Å². The molecular weight excluding hydrogens is 354 g/mol. The van der Waals surface area contributed by atoms with Gasteiger partial charge in [-0.2, -0.15) is 4.98 Å². The van der Waals surface area contributed by atoms with Gasteiger partial charge in [0.2, 0.25) is 0 Å². The van der Waals surface area contributed by atoms with Gasteiger partial charge in [-0.3, -0.25) is 9.80 Å². The summed E-state index contributed by atoms with van der Waals surface area (Å²) in [5, 5.41) is 3.98. The Kier molecular flexibility index (Phi) is 5.86. The van der Waals surface area contributed by atoms with Crippen LogP contribution in [0.1, 0.15) is 18.1 Å². The van der Waals surface area contributed by atoms with Crippen molar-refractivity contribution in [2.45, 2.75) is 31.7 Å². The van der Waals surface area contributed by atoms with E-state index in [4.69, 9.17) is 18.7 Å².